The molecule has 3 rings (SSSR count). The van der Waals surface area contributed by atoms with Crippen molar-refractivity contribution in [2.45, 2.75) is 44.9 Å². The summed E-state index contributed by atoms with van der Waals surface area (Å²) in [6.07, 6.45) is 3.15. The summed E-state index contributed by atoms with van der Waals surface area (Å²) < 4.78 is 12.3. The van der Waals surface area contributed by atoms with E-state index in [1.807, 2.05) is 31.2 Å². The number of carbonyl (C=O) groups is 1. The lowest BCUT2D eigenvalue weighted by atomic mass is 9.90. The molecule has 5 nitrogen and oxygen atoms in total. The zero-order valence-electron chi connectivity index (χ0n) is 16.7. The third kappa shape index (κ3) is 5.96. The third-order valence-corrected chi connectivity index (χ3v) is 6.33. The molecule has 1 saturated heterocycles. The van der Waals surface area contributed by atoms with Gasteiger partial charge in [-0.05, 0) is 71.3 Å². The van der Waals surface area contributed by atoms with E-state index in [2.05, 4.69) is 53.0 Å². The van der Waals surface area contributed by atoms with Crippen molar-refractivity contribution in [1.29, 1.82) is 0 Å². The third-order valence-electron chi connectivity index (χ3n) is 5.16. The Balaban J connectivity index is 1.66. The summed E-state index contributed by atoms with van der Waals surface area (Å²) in [5.74, 6) is 0.632. The van der Waals surface area contributed by atoms with Gasteiger partial charge in [-0.25, -0.2) is 0 Å². The van der Waals surface area contributed by atoms with Crippen LogP contribution in [0.5, 0.6) is 5.75 Å². The lowest BCUT2D eigenvalue weighted by molar-refractivity contribution is -0.512. The van der Waals surface area contributed by atoms with Crippen LogP contribution in [0.25, 0.3) is 0 Å². The maximum absolute atomic E-state index is 12.1. The van der Waals surface area contributed by atoms with Gasteiger partial charge in [-0.3, -0.25) is 4.79 Å². The molecule has 1 fully saturated rings. The first kappa shape index (κ1) is 21.6. The summed E-state index contributed by atoms with van der Waals surface area (Å²) in [6, 6.07) is 14.7. The van der Waals surface area contributed by atoms with Gasteiger partial charge in [0.25, 0.3) is 0 Å². The summed E-state index contributed by atoms with van der Waals surface area (Å²) in [6.45, 7) is 4.80. The number of nitrogens with two attached hydrogens (primary N) is 1. The highest BCUT2D eigenvalue weighted by Crippen LogP contribution is 2.30. The number of aliphatic hydroxyl groups excluding tert-OH is 1. The number of carbonyl (C=O) groups excluding carboxylic acids is 1. The van der Waals surface area contributed by atoms with Crippen LogP contribution in [0.2, 0.25) is 0 Å². The summed E-state index contributed by atoms with van der Waals surface area (Å²) in [7, 11) is 0. The molecule has 1 aliphatic heterocycles. The average molecular weight is 508 g/mol. The van der Waals surface area contributed by atoms with Crippen molar-refractivity contribution in [3.63, 3.8) is 0 Å². The molecule has 1 heterocycles. The molecule has 1 unspecified atom stereocenters. The van der Waals surface area contributed by atoms with Crippen molar-refractivity contribution < 1.29 is 24.7 Å². The van der Waals surface area contributed by atoms with Crippen LogP contribution in [0.15, 0.2) is 54.8 Å². The van der Waals surface area contributed by atoms with E-state index in [0.717, 1.165) is 23.1 Å². The van der Waals surface area contributed by atoms with Crippen LogP contribution in [0.4, 0.5) is 0 Å². The number of quaternary nitrogens is 1. The van der Waals surface area contributed by atoms with Gasteiger partial charge in [-0.1, -0.05) is 24.3 Å². The standard InChI is InChI=1S/C23H26INO4/c1-3-28-22(27)13-19(23-21(25-23)10-11-26)17-6-8-18(9-7-17)29-14-16-5-4-15(2)20(24)12-16/h4-12,19,21,23,25-26H,3,13-14H2,1-2H3/p+1/b11-10-/t19-,21?,23+/m0/s1. The molecule has 154 valence electrons. The molecule has 0 aliphatic carbocycles. The van der Waals surface area contributed by atoms with Crippen LogP contribution in [0, 0.1) is 10.5 Å². The van der Waals surface area contributed by atoms with Gasteiger partial charge in [-0.2, -0.15) is 0 Å². The van der Waals surface area contributed by atoms with Crippen LogP contribution in [-0.2, 0) is 16.1 Å². The molecule has 0 radical (unpaired) electrons. The monoisotopic (exact) mass is 508 g/mol. The number of aryl methyl sites for hydroxylation is 1. The van der Waals surface area contributed by atoms with E-state index in [1.165, 1.54) is 9.13 Å². The topological polar surface area (TPSA) is 72.4 Å². The van der Waals surface area contributed by atoms with Crippen molar-refractivity contribution in [3.05, 3.63) is 75.1 Å². The molecule has 6 heteroatoms. The number of hydrogen-bond donors (Lipinski definition) is 2. The second-order valence-corrected chi connectivity index (χ2v) is 8.41. The smallest absolute Gasteiger partial charge is 0.306 e. The van der Waals surface area contributed by atoms with Crippen LogP contribution in [0.1, 0.15) is 36.0 Å². The summed E-state index contributed by atoms with van der Waals surface area (Å²) in [5, 5.41) is 11.2. The first-order chi connectivity index (χ1) is 14.0. The van der Waals surface area contributed by atoms with Gasteiger partial charge >= 0.3 is 5.97 Å². The quantitative estimate of drug-likeness (QED) is 0.235. The predicted molar refractivity (Wildman–Crippen MR) is 120 cm³/mol. The number of benzene rings is 2. The van der Waals surface area contributed by atoms with Crippen molar-refractivity contribution in [2.75, 3.05) is 6.61 Å². The molecule has 0 spiro atoms. The van der Waals surface area contributed by atoms with Gasteiger partial charge in [-0.15, -0.1) is 0 Å². The van der Waals surface area contributed by atoms with Crippen molar-refractivity contribution in [1.82, 2.24) is 0 Å². The number of aliphatic hydroxyl groups is 1. The van der Waals surface area contributed by atoms with Crippen LogP contribution < -0.4 is 10.1 Å². The zero-order valence-corrected chi connectivity index (χ0v) is 18.8. The van der Waals surface area contributed by atoms with Crippen molar-refractivity contribution in [3.8, 4) is 5.75 Å². The second-order valence-electron chi connectivity index (χ2n) is 7.25. The molecule has 0 bridgehead atoms. The molecular weight excluding hydrogens is 481 g/mol. The van der Waals surface area contributed by atoms with Gasteiger partial charge in [0.15, 0.2) is 12.1 Å². The van der Waals surface area contributed by atoms with Gasteiger partial charge in [0.1, 0.15) is 12.4 Å². The fourth-order valence-corrected chi connectivity index (χ4v) is 4.05. The maximum atomic E-state index is 12.1. The van der Waals surface area contributed by atoms with Gasteiger partial charge in [0.05, 0.1) is 25.2 Å². The summed E-state index contributed by atoms with van der Waals surface area (Å²) in [4.78, 5) is 12.1. The highest BCUT2D eigenvalue weighted by atomic mass is 127. The minimum absolute atomic E-state index is 0.0305. The number of ether oxygens (including phenoxy) is 2. The molecule has 3 N–H and O–H groups in total. The second kappa shape index (κ2) is 10.1. The molecular formula is C23H27INO4+. The van der Waals surface area contributed by atoms with Gasteiger partial charge < -0.3 is 19.9 Å². The lowest BCUT2D eigenvalue weighted by Crippen LogP contribution is -2.63. The van der Waals surface area contributed by atoms with E-state index in [-0.39, 0.29) is 24.0 Å². The van der Waals surface area contributed by atoms with E-state index < -0.39 is 0 Å². The normalized spacial score (nSPS) is 19.1. The number of hydrogen-bond acceptors (Lipinski definition) is 4. The highest BCUT2D eigenvalue weighted by molar-refractivity contribution is 14.1. The zero-order chi connectivity index (χ0) is 20.8. The Morgan fingerprint density at radius 3 is 2.69 bits per heavy atom. The van der Waals surface area contributed by atoms with E-state index in [9.17, 15) is 4.79 Å². The first-order valence-electron chi connectivity index (χ1n) is 9.81. The summed E-state index contributed by atoms with van der Waals surface area (Å²) >= 11 is 2.33. The summed E-state index contributed by atoms with van der Waals surface area (Å²) in [5.41, 5.74) is 3.47. The SMILES string of the molecule is CCOC(=O)C[C@@H](c1ccc(OCc2ccc(C)c(I)c2)cc1)[C@H]1[NH2+]C1/C=C\O. The number of rotatable bonds is 9. The largest absolute Gasteiger partial charge is 0.516 e. The minimum Gasteiger partial charge on any atom is -0.516 e. The molecule has 2 aromatic carbocycles. The van der Waals surface area contributed by atoms with Crippen molar-refractivity contribution in [2.24, 2.45) is 0 Å². The van der Waals surface area contributed by atoms with E-state index in [0.29, 0.717) is 19.6 Å². The number of esters is 1. The van der Waals surface area contributed by atoms with Gasteiger partial charge in [0, 0.05) is 9.65 Å². The molecule has 3 atom stereocenters. The Hall–Kier alpha value is -2.06. The van der Waals surface area contributed by atoms with E-state index in [4.69, 9.17) is 14.6 Å². The Morgan fingerprint density at radius 1 is 1.28 bits per heavy atom. The van der Waals surface area contributed by atoms with Crippen LogP contribution in [0.3, 0.4) is 0 Å². The molecule has 0 amide bonds. The molecule has 29 heavy (non-hydrogen) atoms. The Bertz CT molecular complexity index is 866. The maximum Gasteiger partial charge on any atom is 0.306 e. The fourth-order valence-electron chi connectivity index (χ4n) is 3.47. The van der Waals surface area contributed by atoms with E-state index >= 15 is 0 Å². The average Bonchev–Trinajstić information content (AvgIpc) is 3.47. The Kier molecular flexibility index (Phi) is 7.55. The molecule has 0 aromatic heterocycles. The minimum atomic E-state index is -0.196. The van der Waals surface area contributed by atoms with Crippen molar-refractivity contribution >= 4 is 28.6 Å². The molecule has 1 aliphatic rings. The fraction of sp³-hybridized carbons (Fsp3) is 0.348. The predicted octanol–water partition coefficient (Wildman–Crippen LogP) is 3.60. The van der Waals surface area contributed by atoms with Crippen LogP contribution in [-0.4, -0.2) is 29.8 Å². The lowest BCUT2D eigenvalue weighted by Gasteiger charge is -2.14. The Morgan fingerprint density at radius 2 is 2.03 bits per heavy atom. The molecule has 0 saturated carbocycles. The van der Waals surface area contributed by atoms with Gasteiger partial charge in [0.2, 0.25) is 0 Å². The van der Waals surface area contributed by atoms with E-state index in [1.54, 1.807) is 6.08 Å². The molecule has 2 aromatic rings. The van der Waals surface area contributed by atoms with Crippen LogP contribution >= 0.6 is 22.6 Å². The Labute approximate surface area is 185 Å². The number of halogens is 1. The highest BCUT2D eigenvalue weighted by Gasteiger charge is 2.48. The first-order valence-corrected chi connectivity index (χ1v) is 10.9.